The zero-order valence-corrected chi connectivity index (χ0v) is 14.3. The summed E-state index contributed by atoms with van der Waals surface area (Å²) in [5.41, 5.74) is 1.17. The van der Waals surface area contributed by atoms with Crippen molar-refractivity contribution in [3.05, 3.63) is 58.3 Å². The van der Waals surface area contributed by atoms with Crippen LogP contribution in [0.2, 0.25) is 0 Å². The Labute approximate surface area is 137 Å². The number of hydrogen-bond acceptors (Lipinski definition) is 3. The van der Waals surface area contributed by atoms with Crippen LogP contribution in [0.3, 0.4) is 0 Å². The van der Waals surface area contributed by atoms with Gasteiger partial charge in [-0.3, -0.25) is 9.69 Å². The monoisotopic (exact) mass is 316 g/mol. The van der Waals surface area contributed by atoms with Gasteiger partial charge in [0, 0.05) is 18.5 Å². The van der Waals surface area contributed by atoms with E-state index in [0.717, 1.165) is 13.1 Å². The Morgan fingerprint density at radius 1 is 1.18 bits per heavy atom. The summed E-state index contributed by atoms with van der Waals surface area (Å²) in [6.45, 7) is 6.34. The van der Waals surface area contributed by atoms with Gasteiger partial charge in [0.2, 0.25) is 5.91 Å². The fraction of sp³-hybridized carbons (Fsp3) is 0.389. The normalized spacial score (nSPS) is 12.4. The molecule has 0 N–H and O–H groups in total. The van der Waals surface area contributed by atoms with Crippen LogP contribution in [0.1, 0.15) is 30.3 Å². The fourth-order valence-electron chi connectivity index (χ4n) is 2.38. The van der Waals surface area contributed by atoms with Crippen LogP contribution in [0.25, 0.3) is 0 Å². The second kappa shape index (κ2) is 8.11. The third kappa shape index (κ3) is 4.42. The zero-order valence-electron chi connectivity index (χ0n) is 13.5. The number of likely N-dealkylation sites (N-methyl/N-ethyl adjacent to an activating group) is 2. The molecule has 118 valence electrons. The molecule has 3 nitrogen and oxygen atoms in total. The second-order valence-corrected chi connectivity index (χ2v) is 6.51. The summed E-state index contributed by atoms with van der Waals surface area (Å²) in [4.78, 5) is 17.9. The first-order valence-corrected chi connectivity index (χ1v) is 8.55. The minimum atomic E-state index is 0.0918. The average molecular weight is 316 g/mol. The third-order valence-corrected chi connectivity index (χ3v) is 4.88. The molecule has 0 fully saturated rings. The number of hydrogen-bond donors (Lipinski definition) is 0. The maximum atomic E-state index is 12.5. The van der Waals surface area contributed by atoms with Crippen molar-refractivity contribution in [2.75, 3.05) is 20.1 Å². The van der Waals surface area contributed by atoms with E-state index in [1.807, 2.05) is 30.1 Å². The number of rotatable bonds is 7. The van der Waals surface area contributed by atoms with Crippen LogP contribution >= 0.6 is 11.3 Å². The van der Waals surface area contributed by atoms with Gasteiger partial charge in [0.15, 0.2) is 0 Å². The van der Waals surface area contributed by atoms with Crippen molar-refractivity contribution in [1.82, 2.24) is 9.80 Å². The molecular weight excluding hydrogens is 292 g/mol. The number of amides is 1. The van der Waals surface area contributed by atoms with Gasteiger partial charge in [0.05, 0.1) is 12.6 Å². The predicted octanol–water partition coefficient (Wildman–Crippen LogP) is 3.79. The Kier molecular flexibility index (Phi) is 6.16. The van der Waals surface area contributed by atoms with Crippen molar-refractivity contribution in [1.29, 1.82) is 0 Å². The maximum Gasteiger partial charge on any atom is 0.237 e. The fourth-order valence-corrected chi connectivity index (χ4v) is 3.12. The lowest BCUT2D eigenvalue weighted by molar-refractivity contribution is -0.133. The highest BCUT2D eigenvalue weighted by Gasteiger charge is 2.19. The van der Waals surface area contributed by atoms with E-state index in [-0.39, 0.29) is 11.9 Å². The Bertz CT molecular complexity index is 568. The van der Waals surface area contributed by atoms with Gasteiger partial charge < -0.3 is 4.90 Å². The van der Waals surface area contributed by atoms with Crippen LogP contribution in [-0.4, -0.2) is 35.8 Å². The van der Waals surface area contributed by atoms with Crippen molar-refractivity contribution < 1.29 is 4.79 Å². The van der Waals surface area contributed by atoms with E-state index in [1.165, 1.54) is 10.4 Å². The van der Waals surface area contributed by atoms with Crippen LogP contribution in [0.4, 0.5) is 0 Å². The van der Waals surface area contributed by atoms with Crippen LogP contribution < -0.4 is 0 Å². The van der Waals surface area contributed by atoms with E-state index in [0.29, 0.717) is 6.54 Å². The Hall–Kier alpha value is -1.65. The molecule has 1 aromatic heterocycles. The SMILES string of the molecule is CCN(CC(=O)N(C)C(C)c1ccccc1)Cc1cccs1. The van der Waals surface area contributed by atoms with Gasteiger partial charge in [-0.15, -0.1) is 11.3 Å². The van der Waals surface area contributed by atoms with Gasteiger partial charge in [-0.05, 0) is 30.5 Å². The number of carbonyl (C=O) groups excluding carboxylic acids is 1. The molecule has 0 spiro atoms. The van der Waals surface area contributed by atoms with Crippen molar-refractivity contribution in [2.24, 2.45) is 0 Å². The van der Waals surface area contributed by atoms with Crippen LogP contribution in [0.15, 0.2) is 47.8 Å². The van der Waals surface area contributed by atoms with E-state index in [9.17, 15) is 4.79 Å². The molecule has 4 heteroatoms. The van der Waals surface area contributed by atoms with Gasteiger partial charge in [-0.1, -0.05) is 43.3 Å². The van der Waals surface area contributed by atoms with Crippen molar-refractivity contribution >= 4 is 17.2 Å². The molecule has 0 saturated heterocycles. The van der Waals surface area contributed by atoms with E-state index >= 15 is 0 Å². The van der Waals surface area contributed by atoms with Gasteiger partial charge in [-0.25, -0.2) is 0 Å². The molecule has 2 rings (SSSR count). The van der Waals surface area contributed by atoms with Crippen LogP contribution in [0.5, 0.6) is 0 Å². The number of nitrogens with zero attached hydrogens (tertiary/aromatic N) is 2. The van der Waals surface area contributed by atoms with Gasteiger partial charge in [0.1, 0.15) is 0 Å². The zero-order chi connectivity index (χ0) is 15.9. The summed E-state index contributed by atoms with van der Waals surface area (Å²) in [5.74, 6) is 0.162. The quantitative estimate of drug-likeness (QED) is 0.776. The molecule has 1 atom stereocenters. The minimum Gasteiger partial charge on any atom is -0.338 e. The lowest BCUT2D eigenvalue weighted by Gasteiger charge is -2.28. The van der Waals surface area contributed by atoms with Crippen LogP contribution in [0, 0.1) is 0 Å². The summed E-state index contributed by atoms with van der Waals surface area (Å²) in [5, 5.41) is 2.08. The lowest BCUT2D eigenvalue weighted by Crippen LogP contribution is -2.39. The standard InChI is InChI=1S/C18H24N2OS/c1-4-20(13-17-11-8-12-22-17)14-18(21)19(3)15(2)16-9-6-5-7-10-16/h5-12,15H,4,13-14H2,1-3H3. The minimum absolute atomic E-state index is 0.0918. The summed E-state index contributed by atoms with van der Waals surface area (Å²) in [6.07, 6.45) is 0. The second-order valence-electron chi connectivity index (χ2n) is 5.47. The van der Waals surface area contributed by atoms with Crippen molar-refractivity contribution in [3.63, 3.8) is 0 Å². The third-order valence-electron chi connectivity index (χ3n) is 4.02. The number of carbonyl (C=O) groups is 1. The molecule has 2 aromatic rings. The first-order valence-electron chi connectivity index (χ1n) is 7.67. The van der Waals surface area contributed by atoms with E-state index in [1.54, 1.807) is 11.3 Å². The molecule has 0 bridgehead atoms. The molecular formula is C18H24N2OS. The lowest BCUT2D eigenvalue weighted by atomic mass is 10.1. The number of thiophene rings is 1. The molecule has 0 aliphatic carbocycles. The van der Waals surface area contributed by atoms with E-state index in [4.69, 9.17) is 0 Å². The van der Waals surface area contributed by atoms with Crippen molar-refractivity contribution in [3.8, 4) is 0 Å². The summed E-state index contributed by atoms with van der Waals surface area (Å²) in [7, 11) is 1.89. The highest BCUT2D eigenvalue weighted by molar-refractivity contribution is 7.09. The van der Waals surface area contributed by atoms with Gasteiger partial charge in [0.25, 0.3) is 0 Å². The topological polar surface area (TPSA) is 23.6 Å². The summed E-state index contributed by atoms with van der Waals surface area (Å²) < 4.78 is 0. The molecule has 0 aliphatic heterocycles. The number of benzene rings is 1. The molecule has 1 aromatic carbocycles. The largest absolute Gasteiger partial charge is 0.338 e. The molecule has 0 saturated carbocycles. The van der Waals surface area contributed by atoms with Gasteiger partial charge >= 0.3 is 0 Å². The van der Waals surface area contributed by atoms with E-state index in [2.05, 4.69) is 48.4 Å². The molecule has 0 radical (unpaired) electrons. The van der Waals surface area contributed by atoms with Crippen LogP contribution in [-0.2, 0) is 11.3 Å². The molecule has 1 amide bonds. The first-order chi connectivity index (χ1) is 10.6. The Morgan fingerprint density at radius 3 is 2.50 bits per heavy atom. The highest BCUT2D eigenvalue weighted by atomic mass is 32.1. The summed E-state index contributed by atoms with van der Waals surface area (Å²) >= 11 is 1.74. The Morgan fingerprint density at radius 2 is 1.91 bits per heavy atom. The van der Waals surface area contributed by atoms with Crippen molar-refractivity contribution in [2.45, 2.75) is 26.4 Å². The molecule has 22 heavy (non-hydrogen) atoms. The van der Waals surface area contributed by atoms with Gasteiger partial charge in [-0.2, -0.15) is 0 Å². The summed E-state index contributed by atoms with van der Waals surface area (Å²) in [6, 6.07) is 14.4. The first kappa shape index (κ1) is 16.7. The predicted molar refractivity (Wildman–Crippen MR) is 92.9 cm³/mol. The Balaban J connectivity index is 1.94. The molecule has 1 heterocycles. The van der Waals surface area contributed by atoms with E-state index < -0.39 is 0 Å². The molecule has 1 unspecified atom stereocenters. The highest BCUT2D eigenvalue weighted by Crippen LogP contribution is 2.19. The smallest absolute Gasteiger partial charge is 0.237 e. The average Bonchev–Trinajstić information content (AvgIpc) is 3.06. The molecule has 0 aliphatic rings. The maximum absolute atomic E-state index is 12.5.